The Morgan fingerprint density at radius 1 is 1.15 bits per heavy atom. The van der Waals surface area contributed by atoms with E-state index < -0.39 is 0 Å². The Balaban J connectivity index is 1.74. The Labute approximate surface area is 121 Å². The number of benzene rings is 1. The molecule has 0 aliphatic carbocycles. The molecule has 0 unspecified atom stereocenters. The van der Waals surface area contributed by atoms with Crippen LogP contribution in [-0.2, 0) is 6.54 Å². The lowest BCUT2D eigenvalue weighted by atomic mass is 10.0. The molecule has 1 fully saturated rings. The minimum atomic E-state index is 0.950. The zero-order valence-corrected chi connectivity index (χ0v) is 12.3. The van der Waals surface area contributed by atoms with Gasteiger partial charge in [0.05, 0.1) is 0 Å². The van der Waals surface area contributed by atoms with Gasteiger partial charge < -0.3 is 10.2 Å². The fraction of sp³-hybridized carbons (Fsp3) is 0.562. The van der Waals surface area contributed by atoms with Gasteiger partial charge in [-0.1, -0.05) is 24.3 Å². The van der Waals surface area contributed by atoms with Crippen LogP contribution in [0.4, 0.5) is 0 Å². The lowest BCUT2D eigenvalue weighted by molar-refractivity contribution is 0.148. The van der Waals surface area contributed by atoms with Crippen molar-refractivity contribution in [3.8, 4) is 0 Å². The van der Waals surface area contributed by atoms with Crippen molar-refractivity contribution in [2.75, 3.05) is 46.3 Å². The van der Waals surface area contributed by atoms with Crippen molar-refractivity contribution in [3.63, 3.8) is 0 Å². The summed E-state index contributed by atoms with van der Waals surface area (Å²) in [4.78, 5) is 9.59. The first-order valence-corrected chi connectivity index (χ1v) is 7.60. The Morgan fingerprint density at radius 3 is 2.70 bits per heavy atom. The van der Waals surface area contributed by atoms with Gasteiger partial charge in [0.2, 0.25) is 0 Å². The summed E-state index contributed by atoms with van der Waals surface area (Å²) in [5, 5.41) is 3.44. The molecular weight excluding hydrogens is 248 g/mol. The predicted molar refractivity (Wildman–Crippen MR) is 83.2 cm³/mol. The molecule has 4 nitrogen and oxygen atoms in total. The fourth-order valence-corrected chi connectivity index (χ4v) is 2.85. The van der Waals surface area contributed by atoms with Crippen molar-refractivity contribution in [1.82, 2.24) is 15.1 Å². The topological polar surface area (TPSA) is 30.9 Å². The highest BCUT2D eigenvalue weighted by atomic mass is 15.2. The third-order valence-corrected chi connectivity index (χ3v) is 4.16. The van der Waals surface area contributed by atoms with E-state index in [1.165, 1.54) is 24.2 Å². The lowest BCUT2D eigenvalue weighted by Gasteiger charge is -2.33. The van der Waals surface area contributed by atoms with Crippen LogP contribution in [0.25, 0.3) is 0 Å². The number of aliphatic imine (C=N–C) groups is 1. The van der Waals surface area contributed by atoms with Gasteiger partial charge in [-0.05, 0) is 19.0 Å². The monoisotopic (exact) mass is 272 g/mol. The van der Waals surface area contributed by atoms with Crippen LogP contribution in [0.2, 0.25) is 0 Å². The van der Waals surface area contributed by atoms with Crippen LogP contribution in [0.3, 0.4) is 0 Å². The molecule has 0 bridgehead atoms. The van der Waals surface area contributed by atoms with Gasteiger partial charge in [-0.3, -0.25) is 9.89 Å². The molecule has 0 spiro atoms. The maximum Gasteiger partial charge on any atom is 0.128 e. The molecule has 2 aliphatic rings. The van der Waals surface area contributed by atoms with E-state index in [0.717, 1.165) is 45.0 Å². The molecule has 0 saturated carbocycles. The van der Waals surface area contributed by atoms with Gasteiger partial charge in [0.15, 0.2) is 0 Å². The van der Waals surface area contributed by atoms with Crippen LogP contribution >= 0.6 is 0 Å². The Morgan fingerprint density at radius 2 is 1.95 bits per heavy atom. The number of likely N-dealkylation sites (N-methyl/N-ethyl adjacent to an activating group) is 1. The van der Waals surface area contributed by atoms with Crippen LogP contribution in [-0.4, -0.2) is 62.0 Å². The highest BCUT2D eigenvalue weighted by Gasteiger charge is 2.17. The van der Waals surface area contributed by atoms with E-state index in [1.54, 1.807) is 0 Å². The van der Waals surface area contributed by atoms with Gasteiger partial charge in [-0.2, -0.15) is 0 Å². The number of hydrogen-bond acceptors (Lipinski definition) is 4. The molecule has 1 aromatic rings. The van der Waals surface area contributed by atoms with E-state index in [-0.39, 0.29) is 0 Å². The Hall–Kier alpha value is -1.39. The SMILES string of the molecule is CN1CCN(Cc2ccccc2C2=NCCCN2)CC1. The van der Waals surface area contributed by atoms with Crippen molar-refractivity contribution in [3.05, 3.63) is 35.4 Å². The fourth-order valence-electron chi connectivity index (χ4n) is 2.85. The van der Waals surface area contributed by atoms with Gasteiger partial charge in [0.25, 0.3) is 0 Å². The van der Waals surface area contributed by atoms with Crippen molar-refractivity contribution < 1.29 is 0 Å². The average molecular weight is 272 g/mol. The van der Waals surface area contributed by atoms with Crippen LogP contribution in [0, 0.1) is 0 Å². The van der Waals surface area contributed by atoms with Crippen molar-refractivity contribution >= 4 is 5.84 Å². The number of nitrogens with one attached hydrogen (secondary N) is 1. The summed E-state index contributed by atoms with van der Waals surface area (Å²) in [5.74, 6) is 1.08. The second-order valence-corrected chi connectivity index (χ2v) is 5.75. The number of rotatable bonds is 3. The van der Waals surface area contributed by atoms with Crippen molar-refractivity contribution in [2.24, 2.45) is 4.99 Å². The third-order valence-electron chi connectivity index (χ3n) is 4.16. The van der Waals surface area contributed by atoms with Gasteiger partial charge in [-0.25, -0.2) is 0 Å². The number of amidine groups is 1. The van der Waals surface area contributed by atoms with Crippen LogP contribution in [0.15, 0.2) is 29.3 Å². The summed E-state index contributed by atoms with van der Waals surface area (Å²) >= 11 is 0. The molecule has 0 amide bonds. The van der Waals surface area contributed by atoms with Crippen molar-refractivity contribution in [1.29, 1.82) is 0 Å². The molecule has 1 aromatic carbocycles. The highest BCUT2D eigenvalue weighted by molar-refractivity contribution is 6.00. The Bertz CT molecular complexity index is 475. The molecule has 20 heavy (non-hydrogen) atoms. The van der Waals surface area contributed by atoms with Crippen molar-refractivity contribution in [2.45, 2.75) is 13.0 Å². The number of hydrogen-bond donors (Lipinski definition) is 1. The lowest BCUT2D eigenvalue weighted by Crippen LogP contribution is -2.44. The first kappa shape index (κ1) is 13.6. The summed E-state index contributed by atoms with van der Waals surface area (Å²) in [5.41, 5.74) is 2.68. The Kier molecular flexibility index (Phi) is 4.33. The van der Waals surface area contributed by atoms with Crippen LogP contribution in [0.5, 0.6) is 0 Å². The quantitative estimate of drug-likeness (QED) is 0.896. The zero-order valence-electron chi connectivity index (χ0n) is 12.3. The minimum absolute atomic E-state index is 0.950. The number of piperazine rings is 1. The van der Waals surface area contributed by atoms with Gasteiger partial charge in [0, 0.05) is 51.4 Å². The molecular formula is C16H24N4. The third kappa shape index (κ3) is 3.19. The maximum atomic E-state index is 4.64. The summed E-state index contributed by atoms with van der Waals surface area (Å²) in [7, 11) is 2.20. The molecule has 0 radical (unpaired) electrons. The van der Waals surface area contributed by atoms with Crippen LogP contribution < -0.4 is 5.32 Å². The van der Waals surface area contributed by atoms with E-state index in [1.807, 2.05) is 0 Å². The maximum absolute atomic E-state index is 4.64. The molecule has 2 heterocycles. The standard InChI is InChI=1S/C16H24N4/c1-19-9-11-20(12-10-19)13-14-5-2-3-6-15(14)16-17-7-4-8-18-16/h2-3,5-6H,4,7-13H2,1H3,(H,17,18). The zero-order chi connectivity index (χ0) is 13.8. The molecule has 108 valence electrons. The van der Waals surface area contributed by atoms with E-state index >= 15 is 0 Å². The highest BCUT2D eigenvalue weighted by Crippen LogP contribution is 2.14. The first-order chi connectivity index (χ1) is 9.83. The summed E-state index contributed by atoms with van der Waals surface area (Å²) < 4.78 is 0. The smallest absolute Gasteiger partial charge is 0.128 e. The predicted octanol–water partition coefficient (Wildman–Crippen LogP) is 1.17. The summed E-state index contributed by atoms with van der Waals surface area (Å²) in [6.07, 6.45) is 1.14. The molecule has 1 saturated heterocycles. The largest absolute Gasteiger partial charge is 0.370 e. The summed E-state index contributed by atoms with van der Waals surface area (Å²) in [6.45, 7) is 7.68. The van der Waals surface area contributed by atoms with Gasteiger partial charge in [0.1, 0.15) is 5.84 Å². The van der Waals surface area contributed by atoms with E-state index in [9.17, 15) is 0 Å². The molecule has 4 heteroatoms. The molecule has 2 aliphatic heterocycles. The molecule has 0 atom stereocenters. The molecule has 3 rings (SSSR count). The normalized spacial score (nSPS) is 21.4. The van der Waals surface area contributed by atoms with Crippen LogP contribution in [0.1, 0.15) is 17.5 Å². The second kappa shape index (κ2) is 6.37. The summed E-state index contributed by atoms with van der Waals surface area (Å²) in [6, 6.07) is 8.69. The first-order valence-electron chi connectivity index (χ1n) is 7.60. The van der Waals surface area contributed by atoms with E-state index in [0.29, 0.717) is 0 Å². The van der Waals surface area contributed by atoms with Gasteiger partial charge >= 0.3 is 0 Å². The molecule has 1 N–H and O–H groups in total. The van der Waals surface area contributed by atoms with E-state index in [2.05, 4.69) is 51.4 Å². The number of nitrogens with zero attached hydrogens (tertiary/aromatic N) is 3. The van der Waals surface area contributed by atoms with E-state index in [4.69, 9.17) is 0 Å². The average Bonchev–Trinajstić information content (AvgIpc) is 2.51. The minimum Gasteiger partial charge on any atom is -0.370 e. The molecule has 0 aromatic heterocycles. The van der Waals surface area contributed by atoms with Gasteiger partial charge in [-0.15, -0.1) is 0 Å². The second-order valence-electron chi connectivity index (χ2n) is 5.75.